The maximum atomic E-state index is 5.82. The van der Waals surface area contributed by atoms with Crippen molar-refractivity contribution in [3.05, 3.63) is 35.2 Å². The third kappa shape index (κ3) is 2.91. The Morgan fingerprint density at radius 3 is 2.92 bits per heavy atom. The number of ether oxygens (including phenoxy) is 1. The molecule has 0 aromatic carbocycles. The molecular formula is C17H22N6O2. The second-order valence-electron chi connectivity index (χ2n) is 6.59. The molecule has 0 radical (unpaired) electrons. The fourth-order valence-electron chi connectivity index (χ4n) is 3.52. The Kier molecular flexibility index (Phi) is 4.01. The Hall–Kier alpha value is -2.32. The summed E-state index contributed by atoms with van der Waals surface area (Å²) in [5.74, 6) is 1.25. The number of fused-ring (bicyclic) bond motifs is 1. The number of hydrogen-bond acceptors (Lipinski definition) is 7. The molecule has 1 fully saturated rings. The Labute approximate surface area is 145 Å². The fourth-order valence-corrected chi connectivity index (χ4v) is 3.52. The first kappa shape index (κ1) is 16.2. The second kappa shape index (κ2) is 6.20. The predicted molar refractivity (Wildman–Crippen MR) is 90.8 cm³/mol. The Morgan fingerprint density at radius 2 is 2.16 bits per heavy atom. The van der Waals surface area contributed by atoms with E-state index in [-0.39, 0.29) is 12.1 Å². The van der Waals surface area contributed by atoms with Crippen LogP contribution in [0.25, 0.3) is 11.0 Å². The van der Waals surface area contributed by atoms with Gasteiger partial charge in [-0.05, 0) is 32.4 Å². The third-order valence-corrected chi connectivity index (χ3v) is 4.70. The Balaban J connectivity index is 1.64. The van der Waals surface area contributed by atoms with E-state index in [4.69, 9.17) is 9.26 Å². The highest BCUT2D eigenvalue weighted by molar-refractivity contribution is 5.78. The molecule has 1 aliphatic heterocycles. The van der Waals surface area contributed by atoms with Crippen molar-refractivity contribution in [2.24, 2.45) is 7.05 Å². The van der Waals surface area contributed by atoms with Crippen molar-refractivity contribution < 1.29 is 9.26 Å². The summed E-state index contributed by atoms with van der Waals surface area (Å²) < 4.78 is 13.1. The zero-order chi connectivity index (χ0) is 17.6. The summed E-state index contributed by atoms with van der Waals surface area (Å²) in [6.45, 7) is 8.12. The normalized spacial score (nSPS) is 21.9. The van der Waals surface area contributed by atoms with E-state index in [9.17, 15) is 0 Å². The van der Waals surface area contributed by atoms with Crippen LogP contribution in [0.3, 0.4) is 0 Å². The van der Waals surface area contributed by atoms with Gasteiger partial charge in [0.1, 0.15) is 6.04 Å². The summed E-state index contributed by atoms with van der Waals surface area (Å²) in [5.41, 5.74) is 3.03. The minimum atomic E-state index is -0.0550. The molecule has 0 N–H and O–H groups in total. The molecular weight excluding hydrogens is 320 g/mol. The second-order valence-corrected chi connectivity index (χ2v) is 6.59. The fraction of sp³-hybridized carbons (Fsp3) is 0.529. The number of nitrogens with zero attached hydrogens (tertiary/aromatic N) is 6. The maximum Gasteiger partial charge on any atom is 0.246 e. The molecule has 0 unspecified atom stereocenters. The average Bonchev–Trinajstić information content (AvgIpc) is 3.11. The van der Waals surface area contributed by atoms with Gasteiger partial charge in [0.25, 0.3) is 0 Å². The first-order valence-electron chi connectivity index (χ1n) is 8.47. The van der Waals surface area contributed by atoms with E-state index in [0.717, 1.165) is 35.4 Å². The first-order valence-corrected chi connectivity index (χ1v) is 8.47. The monoisotopic (exact) mass is 342 g/mol. The van der Waals surface area contributed by atoms with Crippen LogP contribution in [0.15, 0.2) is 16.8 Å². The molecule has 8 nitrogen and oxygen atoms in total. The number of hydrogen-bond donors (Lipinski definition) is 0. The molecule has 25 heavy (non-hydrogen) atoms. The van der Waals surface area contributed by atoms with E-state index in [0.29, 0.717) is 18.3 Å². The zero-order valence-electron chi connectivity index (χ0n) is 14.9. The van der Waals surface area contributed by atoms with E-state index >= 15 is 0 Å². The lowest BCUT2D eigenvalue weighted by atomic mass is 10.1. The van der Waals surface area contributed by atoms with Crippen molar-refractivity contribution in [3.8, 4) is 0 Å². The smallest absolute Gasteiger partial charge is 0.246 e. The van der Waals surface area contributed by atoms with Crippen LogP contribution < -0.4 is 0 Å². The van der Waals surface area contributed by atoms with Crippen LogP contribution in [0.4, 0.5) is 0 Å². The Morgan fingerprint density at radius 1 is 1.32 bits per heavy atom. The standard InChI is InChI=1S/C17H22N6O2/c1-10-14-7-13(8-18-16(14)22(4)20-10)9-23-5-6-24-11(2)15(23)17-19-12(3)21-25-17/h7-8,11,15H,5-6,9H2,1-4H3/t11-,15+/m1/s1. The molecule has 0 bridgehead atoms. The van der Waals surface area contributed by atoms with Gasteiger partial charge in [-0.25, -0.2) is 4.98 Å². The lowest BCUT2D eigenvalue weighted by Gasteiger charge is -2.37. The van der Waals surface area contributed by atoms with E-state index in [1.165, 1.54) is 0 Å². The molecule has 0 aliphatic carbocycles. The van der Waals surface area contributed by atoms with Crippen molar-refractivity contribution >= 4 is 11.0 Å². The molecule has 8 heteroatoms. The highest BCUT2D eigenvalue weighted by atomic mass is 16.5. The molecule has 4 heterocycles. The van der Waals surface area contributed by atoms with Crippen LogP contribution in [-0.4, -0.2) is 49.1 Å². The predicted octanol–water partition coefficient (Wildman–Crippen LogP) is 1.93. The molecule has 0 amide bonds. The van der Waals surface area contributed by atoms with Crippen LogP contribution in [0.2, 0.25) is 0 Å². The van der Waals surface area contributed by atoms with Gasteiger partial charge in [0.15, 0.2) is 11.5 Å². The molecule has 2 atom stereocenters. The van der Waals surface area contributed by atoms with E-state index in [1.54, 1.807) is 0 Å². The van der Waals surface area contributed by atoms with Crippen LogP contribution in [0, 0.1) is 13.8 Å². The maximum absolute atomic E-state index is 5.82. The van der Waals surface area contributed by atoms with Crippen LogP contribution in [0.1, 0.15) is 35.9 Å². The highest BCUT2D eigenvalue weighted by Crippen LogP contribution is 2.30. The summed E-state index contributed by atoms with van der Waals surface area (Å²) in [5, 5.41) is 9.46. The summed E-state index contributed by atoms with van der Waals surface area (Å²) in [6.07, 6.45) is 1.91. The molecule has 3 aromatic heterocycles. The summed E-state index contributed by atoms with van der Waals surface area (Å²) >= 11 is 0. The topological polar surface area (TPSA) is 82.1 Å². The number of pyridine rings is 1. The SMILES string of the molecule is Cc1noc([C@@H]2[C@@H](C)OCCN2Cc2cnc3c(c2)c(C)nn3C)n1. The number of rotatable bonds is 3. The van der Waals surface area contributed by atoms with E-state index in [2.05, 4.69) is 31.2 Å². The van der Waals surface area contributed by atoms with Gasteiger partial charge in [0.05, 0.1) is 18.4 Å². The minimum absolute atomic E-state index is 0.00887. The number of aryl methyl sites for hydroxylation is 3. The molecule has 3 aromatic rings. The van der Waals surface area contributed by atoms with Gasteiger partial charge >= 0.3 is 0 Å². The number of morpholine rings is 1. The van der Waals surface area contributed by atoms with Gasteiger partial charge in [-0.1, -0.05) is 5.16 Å². The van der Waals surface area contributed by atoms with Gasteiger partial charge in [-0.15, -0.1) is 0 Å². The van der Waals surface area contributed by atoms with Crippen molar-refractivity contribution in [3.63, 3.8) is 0 Å². The van der Waals surface area contributed by atoms with Gasteiger partial charge < -0.3 is 9.26 Å². The lowest BCUT2D eigenvalue weighted by molar-refractivity contribution is -0.0763. The van der Waals surface area contributed by atoms with Crippen LogP contribution in [0.5, 0.6) is 0 Å². The van der Waals surface area contributed by atoms with Gasteiger partial charge in [0, 0.05) is 31.7 Å². The summed E-state index contributed by atoms with van der Waals surface area (Å²) in [4.78, 5) is 11.3. The quantitative estimate of drug-likeness (QED) is 0.719. The Bertz CT molecular complexity index is 902. The van der Waals surface area contributed by atoms with Gasteiger partial charge in [-0.2, -0.15) is 10.1 Å². The van der Waals surface area contributed by atoms with Crippen molar-refractivity contribution in [2.45, 2.75) is 39.5 Å². The van der Waals surface area contributed by atoms with Crippen molar-refractivity contribution in [2.75, 3.05) is 13.2 Å². The van der Waals surface area contributed by atoms with Crippen LogP contribution in [-0.2, 0) is 18.3 Å². The molecule has 1 aliphatic rings. The van der Waals surface area contributed by atoms with Gasteiger partial charge in [-0.3, -0.25) is 9.58 Å². The van der Waals surface area contributed by atoms with Crippen molar-refractivity contribution in [1.82, 2.24) is 29.8 Å². The average molecular weight is 342 g/mol. The largest absolute Gasteiger partial charge is 0.375 e. The molecule has 132 valence electrons. The van der Waals surface area contributed by atoms with Gasteiger partial charge in [0.2, 0.25) is 5.89 Å². The summed E-state index contributed by atoms with van der Waals surface area (Å²) in [6, 6.07) is 2.11. The molecule has 1 saturated heterocycles. The van der Waals surface area contributed by atoms with E-state index in [1.807, 2.05) is 38.7 Å². The lowest BCUT2D eigenvalue weighted by Crippen LogP contribution is -2.43. The third-order valence-electron chi connectivity index (χ3n) is 4.70. The van der Waals surface area contributed by atoms with E-state index < -0.39 is 0 Å². The van der Waals surface area contributed by atoms with Crippen LogP contribution >= 0.6 is 0 Å². The first-order chi connectivity index (χ1) is 12.0. The highest BCUT2D eigenvalue weighted by Gasteiger charge is 2.35. The molecule has 0 spiro atoms. The molecule has 0 saturated carbocycles. The zero-order valence-corrected chi connectivity index (χ0v) is 14.9. The molecule has 4 rings (SSSR count). The van der Waals surface area contributed by atoms with Crippen molar-refractivity contribution in [1.29, 1.82) is 0 Å². The summed E-state index contributed by atoms with van der Waals surface area (Å²) in [7, 11) is 1.92. The minimum Gasteiger partial charge on any atom is -0.375 e. The number of aromatic nitrogens is 5.